The third-order valence-corrected chi connectivity index (χ3v) is 7.15. The molecular formula is C17H22N6O5S. The predicted molar refractivity (Wildman–Crippen MR) is 101 cm³/mol. The summed E-state index contributed by atoms with van der Waals surface area (Å²) >= 11 is 0. The Morgan fingerprint density at radius 2 is 1.90 bits per heavy atom. The largest absolute Gasteiger partial charge is 0.497 e. The van der Waals surface area contributed by atoms with Gasteiger partial charge in [-0.15, -0.1) is 5.10 Å². The lowest BCUT2D eigenvalue weighted by Gasteiger charge is -2.38. The number of aromatic nitrogens is 4. The number of hydrogen-bond acceptors (Lipinski definition) is 9. The van der Waals surface area contributed by atoms with Gasteiger partial charge in [0.05, 0.1) is 25.2 Å². The number of benzene rings is 1. The Balaban J connectivity index is 1.32. The Labute approximate surface area is 168 Å². The van der Waals surface area contributed by atoms with Crippen LogP contribution < -0.4 is 9.64 Å². The fraction of sp³-hybridized carbons (Fsp3) is 0.529. The first kappa shape index (κ1) is 19.6. The van der Waals surface area contributed by atoms with Crippen molar-refractivity contribution in [3.05, 3.63) is 24.3 Å². The normalized spacial score (nSPS) is 17.8. The molecule has 2 aliphatic rings. The van der Waals surface area contributed by atoms with Gasteiger partial charge >= 0.3 is 0 Å². The lowest BCUT2D eigenvalue weighted by molar-refractivity contribution is -0.135. The summed E-state index contributed by atoms with van der Waals surface area (Å²) < 4.78 is 35.7. The summed E-state index contributed by atoms with van der Waals surface area (Å²) in [6, 6.07) is 6.25. The average Bonchev–Trinajstić information content (AvgIpc) is 3.16. The minimum Gasteiger partial charge on any atom is -0.497 e. The number of hydrogen-bond donors (Lipinski definition) is 0. The number of nitrogens with zero attached hydrogens (tertiary/aromatic N) is 6. The molecule has 0 atom stereocenters. The number of ether oxygens (including phenoxy) is 2. The lowest BCUT2D eigenvalue weighted by Crippen LogP contribution is -2.57. The maximum absolute atomic E-state index is 12.7. The molecule has 0 spiro atoms. The molecule has 3 heterocycles. The molecule has 0 bridgehead atoms. The highest BCUT2D eigenvalue weighted by Gasteiger charge is 2.40. The van der Waals surface area contributed by atoms with Crippen molar-refractivity contribution < 1.29 is 22.7 Å². The Kier molecular flexibility index (Phi) is 5.37. The molecule has 12 heteroatoms. The molecule has 0 unspecified atom stereocenters. The van der Waals surface area contributed by atoms with Gasteiger partial charge in [-0.2, -0.15) is 4.80 Å². The maximum atomic E-state index is 12.7. The molecule has 2 saturated heterocycles. The summed E-state index contributed by atoms with van der Waals surface area (Å²) in [5.41, 5.74) is 0. The zero-order chi connectivity index (χ0) is 20.4. The van der Waals surface area contributed by atoms with E-state index in [1.54, 1.807) is 12.1 Å². The fourth-order valence-electron chi connectivity index (χ4n) is 3.21. The summed E-state index contributed by atoms with van der Waals surface area (Å²) in [4.78, 5) is 17.3. The Hall–Kier alpha value is -2.73. The zero-order valence-corrected chi connectivity index (χ0v) is 16.8. The lowest BCUT2D eigenvalue weighted by atomic mass is 10.2. The second kappa shape index (κ2) is 7.95. The van der Waals surface area contributed by atoms with Crippen LogP contribution in [0.25, 0.3) is 0 Å². The molecule has 0 aliphatic carbocycles. The van der Waals surface area contributed by atoms with Crippen LogP contribution in [0.2, 0.25) is 0 Å². The molecule has 2 aliphatic heterocycles. The monoisotopic (exact) mass is 422 g/mol. The van der Waals surface area contributed by atoms with Crippen LogP contribution >= 0.6 is 0 Å². The summed E-state index contributed by atoms with van der Waals surface area (Å²) in [6.07, 6.45) is 0. The van der Waals surface area contributed by atoms with E-state index in [-0.39, 0.29) is 30.4 Å². The molecule has 1 amide bonds. The number of anilines is 1. The Morgan fingerprint density at radius 1 is 1.21 bits per heavy atom. The Morgan fingerprint density at radius 3 is 2.55 bits per heavy atom. The van der Waals surface area contributed by atoms with Crippen LogP contribution in [0.15, 0.2) is 29.2 Å². The molecule has 4 rings (SSSR count). The number of carbonyl (C=O) groups is 1. The third-order valence-electron chi connectivity index (χ3n) is 5.04. The zero-order valence-electron chi connectivity index (χ0n) is 16.0. The van der Waals surface area contributed by atoms with Crippen molar-refractivity contribution in [2.24, 2.45) is 0 Å². The second-order valence-electron chi connectivity index (χ2n) is 6.86. The van der Waals surface area contributed by atoms with E-state index in [1.165, 1.54) is 28.9 Å². The van der Waals surface area contributed by atoms with Gasteiger partial charge in [-0.3, -0.25) is 4.79 Å². The van der Waals surface area contributed by atoms with Gasteiger partial charge in [0.2, 0.25) is 5.91 Å². The van der Waals surface area contributed by atoms with Crippen molar-refractivity contribution in [1.82, 2.24) is 25.1 Å². The van der Waals surface area contributed by atoms with Gasteiger partial charge in [0.1, 0.15) is 17.5 Å². The number of morpholine rings is 1. The van der Waals surface area contributed by atoms with E-state index in [2.05, 4.69) is 15.4 Å². The van der Waals surface area contributed by atoms with E-state index >= 15 is 0 Å². The first-order valence-corrected chi connectivity index (χ1v) is 10.8. The van der Waals surface area contributed by atoms with Crippen LogP contribution in [0.1, 0.15) is 0 Å². The highest BCUT2D eigenvalue weighted by molar-refractivity contribution is 7.92. The molecule has 2 fully saturated rings. The first-order chi connectivity index (χ1) is 14.0. The van der Waals surface area contributed by atoms with Crippen molar-refractivity contribution in [2.45, 2.75) is 16.7 Å². The van der Waals surface area contributed by atoms with Gasteiger partial charge in [-0.1, -0.05) is 5.10 Å². The minimum absolute atomic E-state index is 0.0767. The van der Waals surface area contributed by atoms with Crippen molar-refractivity contribution in [3.8, 4) is 5.75 Å². The number of sulfone groups is 1. The van der Waals surface area contributed by atoms with Crippen molar-refractivity contribution >= 4 is 21.7 Å². The molecule has 11 nitrogen and oxygen atoms in total. The predicted octanol–water partition coefficient (Wildman–Crippen LogP) is -0.797. The van der Waals surface area contributed by atoms with E-state index in [4.69, 9.17) is 9.47 Å². The standard InChI is InChI=1S/C17H22N6O5S/c1-27-13-2-4-14(5-3-13)29(25,26)15-10-22(11-15)16(24)12-23-19-17(18-20-23)21-6-8-28-9-7-21/h2-5,15H,6-12H2,1H3. The van der Waals surface area contributed by atoms with Crippen molar-refractivity contribution in [3.63, 3.8) is 0 Å². The van der Waals surface area contributed by atoms with E-state index < -0.39 is 15.1 Å². The van der Waals surface area contributed by atoms with Gasteiger partial charge in [-0.25, -0.2) is 8.42 Å². The SMILES string of the molecule is COc1ccc(S(=O)(=O)C2CN(C(=O)Cn3nnc(N4CCOCC4)n3)C2)cc1. The topological polar surface area (TPSA) is 120 Å². The second-order valence-corrected chi connectivity index (χ2v) is 9.09. The minimum atomic E-state index is -3.50. The molecule has 1 aromatic heterocycles. The van der Waals surface area contributed by atoms with Crippen LogP contribution in [0.5, 0.6) is 5.75 Å². The molecule has 2 aromatic rings. The van der Waals surface area contributed by atoms with Gasteiger partial charge in [-0.05, 0) is 29.5 Å². The number of amides is 1. The van der Waals surface area contributed by atoms with Crippen LogP contribution in [0, 0.1) is 0 Å². The molecule has 0 saturated carbocycles. The van der Waals surface area contributed by atoms with E-state index in [1.807, 2.05) is 4.90 Å². The molecule has 0 N–H and O–H groups in total. The van der Waals surface area contributed by atoms with Gasteiger partial charge in [0.15, 0.2) is 9.84 Å². The number of rotatable bonds is 6. The van der Waals surface area contributed by atoms with Crippen LogP contribution in [0.4, 0.5) is 5.95 Å². The fourth-order valence-corrected chi connectivity index (χ4v) is 4.86. The maximum Gasteiger partial charge on any atom is 0.266 e. The van der Waals surface area contributed by atoms with Crippen LogP contribution in [0.3, 0.4) is 0 Å². The summed E-state index contributed by atoms with van der Waals surface area (Å²) in [7, 11) is -1.97. The highest BCUT2D eigenvalue weighted by atomic mass is 32.2. The molecule has 0 radical (unpaired) electrons. The van der Waals surface area contributed by atoms with E-state index in [0.29, 0.717) is 38.0 Å². The van der Waals surface area contributed by atoms with Crippen LogP contribution in [-0.2, 0) is 25.9 Å². The molecular weight excluding hydrogens is 400 g/mol. The molecule has 29 heavy (non-hydrogen) atoms. The van der Waals surface area contributed by atoms with Crippen LogP contribution in [-0.4, -0.2) is 91.2 Å². The van der Waals surface area contributed by atoms with Crippen molar-refractivity contribution in [1.29, 1.82) is 0 Å². The number of tetrazole rings is 1. The summed E-state index contributed by atoms with van der Waals surface area (Å²) in [5.74, 6) is 0.813. The van der Waals surface area contributed by atoms with Gasteiger partial charge in [0.25, 0.3) is 5.95 Å². The van der Waals surface area contributed by atoms with Gasteiger partial charge < -0.3 is 19.3 Å². The number of likely N-dealkylation sites (tertiary alicyclic amines) is 1. The average molecular weight is 422 g/mol. The summed E-state index contributed by atoms with van der Waals surface area (Å²) in [5, 5.41) is 11.5. The first-order valence-electron chi connectivity index (χ1n) is 9.23. The quantitative estimate of drug-likeness (QED) is 0.589. The Bertz CT molecular complexity index is 964. The smallest absolute Gasteiger partial charge is 0.266 e. The van der Waals surface area contributed by atoms with Gasteiger partial charge in [0, 0.05) is 26.2 Å². The molecule has 156 valence electrons. The highest BCUT2D eigenvalue weighted by Crippen LogP contribution is 2.25. The molecule has 1 aromatic carbocycles. The number of methoxy groups -OCH3 is 1. The van der Waals surface area contributed by atoms with Crippen molar-refractivity contribution in [2.75, 3.05) is 51.4 Å². The van der Waals surface area contributed by atoms with E-state index in [9.17, 15) is 13.2 Å². The summed E-state index contributed by atoms with van der Waals surface area (Å²) in [6.45, 7) is 2.78. The third kappa shape index (κ3) is 4.03. The number of carbonyl (C=O) groups excluding carboxylic acids is 1. The van der Waals surface area contributed by atoms with E-state index in [0.717, 1.165) is 0 Å².